The van der Waals surface area contributed by atoms with Crippen molar-refractivity contribution in [3.63, 3.8) is 0 Å². The number of hydrogen-bond acceptors (Lipinski definition) is 3. The van der Waals surface area contributed by atoms with E-state index < -0.39 is 11.9 Å². The number of aliphatic carboxylic acids is 1. The van der Waals surface area contributed by atoms with Gasteiger partial charge in [0.05, 0.1) is 5.92 Å². The van der Waals surface area contributed by atoms with E-state index in [2.05, 4.69) is 10.6 Å². The smallest absolute Gasteiger partial charge is 0.306 e. The first-order valence-electron chi connectivity index (χ1n) is 8.23. The van der Waals surface area contributed by atoms with Gasteiger partial charge in [-0.1, -0.05) is 19.9 Å². The molecular weight excluding hydrogens is 308 g/mol. The maximum Gasteiger partial charge on any atom is 0.306 e. The van der Waals surface area contributed by atoms with Gasteiger partial charge in [0.25, 0.3) is 0 Å². The first-order valence-corrected chi connectivity index (χ1v) is 8.23. The van der Waals surface area contributed by atoms with Crippen molar-refractivity contribution < 1.29 is 19.5 Å². The van der Waals surface area contributed by atoms with Gasteiger partial charge in [-0.25, -0.2) is 0 Å². The summed E-state index contributed by atoms with van der Waals surface area (Å²) in [5.41, 5.74) is 2.16. The van der Waals surface area contributed by atoms with E-state index in [4.69, 9.17) is 5.11 Å². The Hall–Kier alpha value is -2.37. The number of carbonyl (C=O) groups is 3. The fourth-order valence-corrected chi connectivity index (χ4v) is 2.80. The zero-order valence-electron chi connectivity index (χ0n) is 14.3. The first-order chi connectivity index (χ1) is 11.3. The number of aryl methyl sites for hydroxylation is 1. The van der Waals surface area contributed by atoms with Gasteiger partial charge in [0, 0.05) is 23.2 Å². The number of carboxylic acids is 1. The molecule has 24 heavy (non-hydrogen) atoms. The van der Waals surface area contributed by atoms with Crippen molar-refractivity contribution in [3.05, 3.63) is 23.8 Å². The number of hydrogen-bond donors (Lipinski definition) is 3. The van der Waals surface area contributed by atoms with E-state index in [0.29, 0.717) is 30.6 Å². The molecule has 6 nitrogen and oxygen atoms in total. The lowest BCUT2D eigenvalue weighted by Gasteiger charge is -2.15. The lowest BCUT2D eigenvalue weighted by atomic mass is 10.0. The third kappa shape index (κ3) is 4.34. The van der Waals surface area contributed by atoms with Crippen molar-refractivity contribution >= 4 is 29.2 Å². The van der Waals surface area contributed by atoms with E-state index in [1.165, 1.54) is 0 Å². The Balaban J connectivity index is 2.05. The maximum atomic E-state index is 12.4. The Morgan fingerprint density at radius 3 is 2.38 bits per heavy atom. The van der Waals surface area contributed by atoms with Crippen LogP contribution in [-0.4, -0.2) is 22.9 Å². The summed E-state index contributed by atoms with van der Waals surface area (Å²) in [5.74, 6) is -1.92. The molecule has 1 aliphatic carbocycles. The molecule has 1 aliphatic rings. The zero-order valence-corrected chi connectivity index (χ0v) is 14.3. The van der Waals surface area contributed by atoms with Gasteiger partial charge in [-0.3, -0.25) is 14.4 Å². The van der Waals surface area contributed by atoms with Crippen molar-refractivity contribution in [2.24, 2.45) is 17.8 Å². The molecule has 0 aliphatic heterocycles. The average molecular weight is 332 g/mol. The van der Waals surface area contributed by atoms with Gasteiger partial charge < -0.3 is 15.7 Å². The Morgan fingerprint density at radius 2 is 1.79 bits per heavy atom. The summed E-state index contributed by atoms with van der Waals surface area (Å²) >= 11 is 0. The van der Waals surface area contributed by atoms with Gasteiger partial charge in [0.15, 0.2) is 0 Å². The maximum absolute atomic E-state index is 12.4. The van der Waals surface area contributed by atoms with Crippen LogP contribution in [0.5, 0.6) is 0 Å². The Labute approximate surface area is 141 Å². The molecule has 1 saturated carbocycles. The van der Waals surface area contributed by atoms with Crippen molar-refractivity contribution in [2.75, 3.05) is 10.6 Å². The number of benzene rings is 1. The van der Waals surface area contributed by atoms with Crippen LogP contribution < -0.4 is 10.6 Å². The Bertz CT molecular complexity index is 654. The van der Waals surface area contributed by atoms with E-state index in [1.54, 1.807) is 12.1 Å². The van der Waals surface area contributed by atoms with Gasteiger partial charge in [-0.05, 0) is 43.9 Å². The minimum Gasteiger partial charge on any atom is -0.481 e. The molecule has 6 heteroatoms. The third-order valence-electron chi connectivity index (χ3n) is 4.44. The van der Waals surface area contributed by atoms with Gasteiger partial charge in [-0.15, -0.1) is 0 Å². The summed E-state index contributed by atoms with van der Waals surface area (Å²) in [5, 5.41) is 14.7. The summed E-state index contributed by atoms with van der Waals surface area (Å²) in [7, 11) is 0. The molecule has 130 valence electrons. The Morgan fingerprint density at radius 1 is 1.12 bits per heavy atom. The van der Waals surface area contributed by atoms with Crippen LogP contribution >= 0.6 is 0 Å². The Kier molecular flexibility index (Phi) is 5.59. The molecule has 1 fully saturated rings. The number of carboxylic acid groups (broad SMARTS) is 1. The minimum absolute atomic E-state index is 0.0868. The summed E-state index contributed by atoms with van der Waals surface area (Å²) in [4.78, 5) is 35.2. The van der Waals surface area contributed by atoms with Crippen molar-refractivity contribution in [3.8, 4) is 0 Å². The van der Waals surface area contributed by atoms with Crippen LogP contribution in [-0.2, 0) is 14.4 Å². The highest BCUT2D eigenvalue weighted by molar-refractivity contribution is 5.96. The largest absolute Gasteiger partial charge is 0.481 e. The standard InChI is InChI=1S/C18H24N2O4/c1-10(2)16(21)19-14-7-4-11(3)15(9-14)20-17(22)12-5-6-13(8-12)18(23)24/h4,7,9-10,12-13H,5-6,8H2,1-3H3,(H,19,21)(H,20,22)(H,23,24)/t12-,13+/m1/s1. The minimum atomic E-state index is -0.833. The lowest BCUT2D eigenvalue weighted by molar-refractivity contribution is -0.141. The molecule has 1 aromatic carbocycles. The van der Waals surface area contributed by atoms with Crippen LogP contribution in [0.25, 0.3) is 0 Å². The van der Waals surface area contributed by atoms with Crippen LogP contribution in [0, 0.1) is 24.7 Å². The van der Waals surface area contributed by atoms with E-state index >= 15 is 0 Å². The molecule has 0 unspecified atom stereocenters. The monoisotopic (exact) mass is 332 g/mol. The predicted molar refractivity (Wildman–Crippen MR) is 91.7 cm³/mol. The molecule has 2 rings (SSSR count). The fraction of sp³-hybridized carbons (Fsp3) is 0.500. The van der Waals surface area contributed by atoms with Crippen molar-refractivity contribution in [1.82, 2.24) is 0 Å². The third-order valence-corrected chi connectivity index (χ3v) is 4.44. The number of nitrogens with one attached hydrogen (secondary N) is 2. The normalized spacial score (nSPS) is 20.0. The van der Waals surface area contributed by atoms with Crippen LogP contribution in [0.3, 0.4) is 0 Å². The molecule has 0 radical (unpaired) electrons. The molecule has 0 aromatic heterocycles. The quantitative estimate of drug-likeness (QED) is 0.772. The molecule has 3 N–H and O–H groups in total. The lowest BCUT2D eigenvalue weighted by Crippen LogP contribution is -2.22. The SMILES string of the molecule is Cc1ccc(NC(=O)C(C)C)cc1NC(=O)[C@@H]1CC[C@H](C(=O)O)C1. The van der Waals surface area contributed by atoms with Crippen LogP contribution in [0.2, 0.25) is 0 Å². The molecule has 1 aromatic rings. The molecule has 2 atom stereocenters. The summed E-state index contributed by atoms with van der Waals surface area (Å²) in [6.07, 6.45) is 1.51. The van der Waals surface area contributed by atoms with Crippen molar-refractivity contribution in [1.29, 1.82) is 0 Å². The number of rotatable bonds is 5. The second-order valence-corrected chi connectivity index (χ2v) is 6.71. The second-order valence-electron chi connectivity index (χ2n) is 6.71. The van der Waals surface area contributed by atoms with Gasteiger partial charge in [0.1, 0.15) is 0 Å². The average Bonchev–Trinajstić information content (AvgIpc) is 3.00. The van der Waals surface area contributed by atoms with Gasteiger partial charge in [-0.2, -0.15) is 0 Å². The number of anilines is 2. The number of amides is 2. The van der Waals surface area contributed by atoms with Crippen molar-refractivity contribution in [2.45, 2.75) is 40.0 Å². The van der Waals surface area contributed by atoms with Crippen LogP contribution in [0.1, 0.15) is 38.7 Å². The number of carbonyl (C=O) groups excluding carboxylic acids is 2. The van der Waals surface area contributed by atoms with Gasteiger partial charge >= 0.3 is 5.97 Å². The van der Waals surface area contributed by atoms with E-state index in [1.807, 2.05) is 26.8 Å². The topological polar surface area (TPSA) is 95.5 Å². The second kappa shape index (κ2) is 7.47. The highest BCUT2D eigenvalue weighted by Crippen LogP contribution is 2.32. The van der Waals surface area contributed by atoms with E-state index in [9.17, 15) is 14.4 Å². The molecule has 0 spiro atoms. The summed E-state index contributed by atoms with van der Waals surface area (Å²) in [6.45, 7) is 5.49. The van der Waals surface area contributed by atoms with Gasteiger partial charge in [0.2, 0.25) is 11.8 Å². The first kappa shape index (κ1) is 18.0. The molecule has 0 saturated heterocycles. The highest BCUT2D eigenvalue weighted by atomic mass is 16.4. The van der Waals surface area contributed by atoms with E-state index in [-0.39, 0.29) is 23.7 Å². The fourth-order valence-electron chi connectivity index (χ4n) is 2.80. The summed E-state index contributed by atoms with van der Waals surface area (Å²) in [6, 6.07) is 5.36. The van der Waals surface area contributed by atoms with Crippen LogP contribution in [0.4, 0.5) is 11.4 Å². The summed E-state index contributed by atoms with van der Waals surface area (Å²) < 4.78 is 0. The molecule has 0 heterocycles. The predicted octanol–water partition coefficient (Wildman–Crippen LogP) is 3.03. The van der Waals surface area contributed by atoms with E-state index in [0.717, 1.165) is 5.56 Å². The van der Waals surface area contributed by atoms with Crippen LogP contribution in [0.15, 0.2) is 18.2 Å². The molecular formula is C18H24N2O4. The zero-order chi connectivity index (χ0) is 17.9. The highest BCUT2D eigenvalue weighted by Gasteiger charge is 2.33. The molecule has 0 bridgehead atoms. The molecule has 2 amide bonds.